The van der Waals surface area contributed by atoms with Gasteiger partial charge >= 0.3 is 5.97 Å². The zero-order valence-electron chi connectivity index (χ0n) is 11.9. The Morgan fingerprint density at radius 3 is 2.80 bits per heavy atom. The van der Waals surface area contributed by atoms with Crippen LogP contribution in [0.4, 0.5) is 11.4 Å². The molecule has 0 bridgehead atoms. The molecule has 1 aliphatic carbocycles. The number of rotatable bonds is 6. The van der Waals surface area contributed by atoms with Gasteiger partial charge in [0.05, 0.1) is 23.4 Å². The number of nitrogens with one attached hydrogen (secondary N) is 1. The number of hydrogen-bond donors (Lipinski definition) is 2. The van der Waals surface area contributed by atoms with Crippen LogP contribution in [0.3, 0.4) is 0 Å². The second-order valence-corrected chi connectivity index (χ2v) is 5.75. The lowest BCUT2D eigenvalue weighted by molar-refractivity contribution is 0.0602. The Labute approximate surface area is 124 Å². The van der Waals surface area contributed by atoms with Crippen molar-refractivity contribution >= 4 is 28.9 Å². The highest BCUT2D eigenvalue weighted by Crippen LogP contribution is 2.36. The standard InChI is InChI=1S/C15H21ClN2O2/c1-3-11(6-9-4-5-9)18-14-12(15(19)20-2)7-10(17)8-13(14)16/h7-9,11,18H,3-6,17H2,1-2H3. The van der Waals surface area contributed by atoms with Crippen LogP contribution in [0.2, 0.25) is 5.02 Å². The molecule has 2 rings (SSSR count). The molecule has 110 valence electrons. The predicted octanol–water partition coefficient (Wildman–Crippen LogP) is 3.70. The Morgan fingerprint density at radius 1 is 1.55 bits per heavy atom. The van der Waals surface area contributed by atoms with Crippen molar-refractivity contribution in [2.45, 2.75) is 38.6 Å². The van der Waals surface area contributed by atoms with Gasteiger partial charge in [0.1, 0.15) is 0 Å². The lowest BCUT2D eigenvalue weighted by atomic mass is 10.1. The summed E-state index contributed by atoms with van der Waals surface area (Å²) in [6, 6.07) is 3.57. The average molecular weight is 297 g/mol. The molecule has 1 unspecified atom stereocenters. The van der Waals surface area contributed by atoms with Gasteiger partial charge in [-0.25, -0.2) is 4.79 Å². The van der Waals surface area contributed by atoms with Crippen molar-refractivity contribution in [2.75, 3.05) is 18.2 Å². The predicted molar refractivity (Wildman–Crippen MR) is 82.2 cm³/mol. The number of carbonyl (C=O) groups is 1. The van der Waals surface area contributed by atoms with E-state index in [2.05, 4.69) is 12.2 Å². The number of nitrogens with two attached hydrogens (primary N) is 1. The number of benzene rings is 1. The molecule has 20 heavy (non-hydrogen) atoms. The summed E-state index contributed by atoms with van der Waals surface area (Å²) in [6.07, 6.45) is 4.70. The van der Waals surface area contributed by atoms with Gasteiger partial charge in [-0.2, -0.15) is 0 Å². The third-order valence-corrected chi connectivity index (χ3v) is 3.97. The van der Waals surface area contributed by atoms with Gasteiger partial charge in [0.15, 0.2) is 0 Å². The smallest absolute Gasteiger partial charge is 0.340 e. The van der Waals surface area contributed by atoms with Crippen molar-refractivity contribution in [2.24, 2.45) is 5.92 Å². The molecule has 1 aromatic carbocycles. The number of hydrogen-bond acceptors (Lipinski definition) is 4. The van der Waals surface area contributed by atoms with Gasteiger partial charge < -0.3 is 15.8 Å². The minimum Gasteiger partial charge on any atom is -0.465 e. The van der Waals surface area contributed by atoms with E-state index in [0.29, 0.717) is 28.0 Å². The molecular formula is C15H21ClN2O2. The van der Waals surface area contributed by atoms with E-state index in [1.54, 1.807) is 12.1 Å². The Bertz CT molecular complexity index is 501. The van der Waals surface area contributed by atoms with Gasteiger partial charge in [-0.05, 0) is 30.9 Å². The zero-order valence-corrected chi connectivity index (χ0v) is 12.7. The number of methoxy groups -OCH3 is 1. The van der Waals surface area contributed by atoms with Gasteiger partial charge in [-0.1, -0.05) is 31.4 Å². The normalized spacial score (nSPS) is 15.8. The van der Waals surface area contributed by atoms with Crippen LogP contribution in [0, 0.1) is 5.92 Å². The van der Waals surface area contributed by atoms with E-state index in [1.807, 2.05) is 0 Å². The number of carbonyl (C=O) groups excluding carboxylic acids is 1. The second-order valence-electron chi connectivity index (χ2n) is 5.35. The van der Waals surface area contributed by atoms with E-state index in [4.69, 9.17) is 22.1 Å². The molecule has 1 saturated carbocycles. The molecule has 1 atom stereocenters. The fourth-order valence-electron chi connectivity index (χ4n) is 2.33. The van der Waals surface area contributed by atoms with Crippen LogP contribution in [0.15, 0.2) is 12.1 Å². The molecule has 0 heterocycles. The quantitative estimate of drug-likeness (QED) is 0.620. The minimum atomic E-state index is -0.428. The van der Waals surface area contributed by atoms with E-state index in [1.165, 1.54) is 20.0 Å². The summed E-state index contributed by atoms with van der Waals surface area (Å²) in [5.74, 6) is 0.379. The molecule has 0 saturated heterocycles. The van der Waals surface area contributed by atoms with Crippen molar-refractivity contribution in [3.8, 4) is 0 Å². The SMILES string of the molecule is CCC(CC1CC1)Nc1c(Cl)cc(N)cc1C(=O)OC. The van der Waals surface area contributed by atoms with Gasteiger partial charge in [0.2, 0.25) is 0 Å². The van der Waals surface area contributed by atoms with Crippen molar-refractivity contribution in [3.63, 3.8) is 0 Å². The first-order chi connectivity index (χ1) is 9.55. The lowest BCUT2D eigenvalue weighted by Crippen LogP contribution is -2.21. The average Bonchev–Trinajstić information content (AvgIpc) is 3.23. The van der Waals surface area contributed by atoms with Crippen LogP contribution in [-0.4, -0.2) is 19.1 Å². The van der Waals surface area contributed by atoms with E-state index < -0.39 is 5.97 Å². The molecule has 0 aromatic heterocycles. The third-order valence-electron chi connectivity index (χ3n) is 3.67. The van der Waals surface area contributed by atoms with Crippen molar-refractivity contribution in [1.29, 1.82) is 0 Å². The molecule has 0 spiro atoms. The van der Waals surface area contributed by atoms with Crippen LogP contribution < -0.4 is 11.1 Å². The monoisotopic (exact) mass is 296 g/mol. The topological polar surface area (TPSA) is 64.3 Å². The molecule has 0 radical (unpaired) electrons. The van der Waals surface area contributed by atoms with Crippen LogP contribution in [-0.2, 0) is 4.74 Å². The molecular weight excluding hydrogens is 276 g/mol. The number of esters is 1. The van der Waals surface area contributed by atoms with E-state index in [0.717, 1.165) is 18.8 Å². The number of nitrogen functional groups attached to an aromatic ring is 1. The Morgan fingerprint density at radius 2 is 2.25 bits per heavy atom. The largest absolute Gasteiger partial charge is 0.465 e. The molecule has 1 aliphatic rings. The van der Waals surface area contributed by atoms with Gasteiger partial charge in [-0.15, -0.1) is 0 Å². The van der Waals surface area contributed by atoms with Gasteiger partial charge in [0, 0.05) is 11.7 Å². The lowest BCUT2D eigenvalue weighted by Gasteiger charge is -2.21. The Kier molecular flexibility index (Phi) is 4.76. The van der Waals surface area contributed by atoms with E-state index in [9.17, 15) is 4.79 Å². The number of anilines is 2. The molecule has 0 amide bonds. The Hall–Kier alpha value is -1.42. The van der Waals surface area contributed by atoms with Gasteiger partial charge in [0.25, 0.3) is 0 Å². The van der Waals surface area contributed by atoms with Crippen molar-refractivity contribution in [3.05, 3.63) is 22.7 Å². The maximum atomic E-state index is 11.9. The minimum absolute atomic E-state index is 0.312. The summed E-state index contributed by atoms with van der Waals surface area (Å²) < 4.78 is 4.80. The summed E-state index contributed by atoms with van der Waals surface area (Å²) >= 11 is 6.24. The summed E-state index contributed by atoms with van der Waals surface area (Å²) in [6.45, 7) is 2.13. The summed E-state index contributed by atoms with van der Waals surface area (Å²) in [7, 11) is 1.35. The zero-order chi connectivity index (χ0) is 14.7. The molecule has 0 aliphatic heterocycles. The van der Waals surface area contributed by atoms with Crippen LogP contribution in [0.5, 0.6) is 0 Å². The number of halogens is 1. The second kappa shape index (κ2) is 6.35. The number of ether oxygens (including phenoxy) is 1. The first-order valence-corrected chi connectivity index (χ1v) is 7.36. The van der Waals surface area contributed by atoms with Crippen LogP contribution in [0.25, 0.3) is 0 Å². The summed E-state index contributed by atoms with van der Waals surface area (Å²) in [5, 5.41) is 3.85. The molecule has 4 nitrogen and oxygen atoms in total. The molecule has 5 heteroatoms. The first-order valence-electron chi connectivity index (χ1n) is 6.99. The van der Waals surface area contributed by atoms with Crippen LogP contribution >= 0.6 is 11.6 Å². The fourth-order valence-corrected chi connectivity index (χ4v) is 2.62. The highest BCUT2D eigenvalue weighted by molar-refractivity contribution is 6.34. The van der Waals surface area contributed by atoms with Crippen molar-refractivity contribution < 1.29 is 9.53 Å². The highest BCUT2D eigenvalue weighted by Gasteiger charge is 2.26. The van der Waals surface area contributed by atoms with E-state index in [-0.39, 0.29) is 0 Å². The summed E-state index contributed by atoms with van der Waals surface area (Å²) in [4.78, 5) is 11.9. The third kappa shape index (κ3) is 3.57. The maximum absolute atomic E-state index is 11.9. The summed E-state index contributed by atoms with van der Waals surface area (Å²) in [5.41, 5.74) is 7.23. The van der Waals surface area contributed by atoms with Crippen LogP contribution in [0.1, 0.15) is 43.0 Å². The van der Waals surface area contributed by atoms with E-state index >= 15 is 0 Å². The fraction of sp³-hybridized carbons (Fsp3) is 0.533. The first kappa shape index (κ1) is 15.0. The maximum Gasteiger partial charge on any atom is 0.340 e. The highest BCUT2D eigenvalue weighted by atomic mass is 35.5. The molecule has 3 N–H and O–H groups in total. The molecule has 1 fully saturated rings. The molecule has 1 aromatic rings. The van der Waals surface area contributed by atoms with Crippen molar-refractivity contribution in [1.82, 2.24) is 0 Å². The van der Waals surface area contributed by atoms with Gasteiger partial charge in [-0.3, -0.25) is 0 Å². The Balaban J connectivity index is 2.25.